The topological polar surface area (TPSA) is 18.5 Å². The average molecular weight is 322 g/mol. The second kappa shape index (κ2) is 7.80. The minimum atomic E-state index is -1.23. The maximum Gasteiger partial charge on any atom is 0.326 e. The van der Waals surface area contributed by atoms with Gasteiger partial charge in [0.25, 0.3) is 0 Å². The van der Waals surface area contributed by atoms with E-state index in [2.05, 4.69) is 25.1 Å². The van der Waals surface area contributed by atoms with Crippen molar-refractivity contribution in [2.45, 2.75) is 13.3 Å². The second-order valence-electron chi connectivity index (χ2n) is 5.05. The summed E-state index contributed by atoms with van der Waals surface area (Å²) in [4.78, 5) is 0. The van der Waals surface area contributed by atoms with Crippen molar-refractivity contribution in [2.75, 3.05) is 0 Å². The third kappa shape index (κ3) is 4.12. The molecule has 116 valence electrons. The van der Waals surface area contributed by atoms with Crippen molar-refractivity contribution in [3.05, 3.63) is 90.5 Å². The van der Waals surface area contributed by atoms with E-state index < -0.39 is 8.38 Å². The first-order chi connectivity index (χ1) is 11.4. The molecule has 0 radical (unpaired) electrons. The van der Waals surface area contributed by atoms with E-state index in [1.165, 1.54) is 5.56 Å². The molecule has 3 aromatic rings. The summed E-state index contributed by atoms with van der Waals surface area (Å²) < 4.78 is 12.4. The van der Waals surface area contributed by atoms with E-state index in [1.54, 1.807) is 0 Å². The molecule has 3 heteroatoms. The minimum Gasteiger partial charge on any atom is -0.435 e. The Bertz CT molecular complexity index is 687. The summed E-state index contributed by atoms with van der Waals surface area (Å²) in [5.41, 5.74) is 1.26. The van der Waals surface area contributed by atoms with Gasteiger partial charge in [0.1, 0.15) is 11.5 Å². The van der Waals surface area contributed by atoms with Gasteiger partial charge in [0, 0.05) is 0 Å². The molecular weight excluding hydrogens is 303 g/mol. The second-order valence-corrected chi connectivity index (χ2v) is 6.41. The van der Waals surface area contributed by atoms with Crippen molar-refractivity contribution in [3.8, 4) is 11.5 Å². The van der Waals surface area contributed by atoms with Crippen LogP contribution in [0.25, 0.3) is 0 Å². The summed E-state index contributed by atoms with van der Waals surface area (Å²) in [5, 5.41) is 1.12. The van der Waals surface area contributed by atoms with Gasteiger partial charge in [-0.05, 0) is 42.3 Å². The van der Waals surface area contributed by atoms with Crippen molar-refractivity contribution in [1.29, 1.82) is 0 Å². The summed E-state index contributed by atoms with van der Waals surface area (Å²) in [6.45, 7) is 2.15. The number of hydrogen-bond acceptors (Lipinski definition) is 2. The Balaban J connectivity index is 1.92. The normalized spacial score (nSPS) is 10.5. The van der Waals surface area contributed by atoms with Crippen LogP contribution in [0.4, 0.5) is 0 Å². The van der Waals surface area contributed by atoms with Crippen LogP contribution in [0, 0.1) is 0 Å². The predicted molar refractivity (Wildman–Crippen MR) is 96.5 cm³/mol. The summed E-state index contributed by atoms with van der Waals surface area (Å²) >= 11 is 0. The summed E-state index contributed by atoms with van der Waals surface area (Å²) in [6.07, 6.45) is 0.950. The molecule has 2 nitrogen and oxygen atoms in total. The van der Waals surface area contributed by atoms with Gasteiger partial charge in [-0.3, -0.25) is 0 Å². The molecule has 0 amide bonds. The summed E-state index contributed by atoms with van der Waals surface area (Å²) in [5.74, 6) is 1.64. The van der Waals surface area contributed by atoms with E-state index in [4.69, 9.17) is 9.05 Å². The van der Waals surface area contributed by atoms with Crippen molar-refractivity contribution in [2.24, 2.45) is 0 Å². The van der Waals surface area contributed by atoms with Gasteiger partial charge in [0.15, 0.2) is 0 Å². The lowest BCUT2D eigenvalue weighted by atomic mass is 10.2. The zero-order valence-electron chi connectivity index (χ0n) is 13.1. The lowest BCUT2D eigenvalue weighted by molar-refractivity contribution is 0.501. The Labute approximate surface area is 138 Å². The van der Waals surface area contributed by atoms with Crippen molar-refractivity contribution in [1.82, 2.24) is 0 Å². The number of para-hydroxylation sites is 2. The Morgan fingerprint density at radius 2 is 1.13 bits per heavy atom. The van der Waals surface area contributed by atoms with Crippen molar-refractivity contribution < 1.29 is 9.05 Å². The molecule has 0 bridgehead atoms. The Morgan fingerprint density at radius 1 is 0.652 bits per heavy atom. The quantitative estimate of drug-likeness (QED) is 0.570. The van der Waals surface area contributed by atoms with E-state index >= 15 is 0 Å². The van der Waals surface area contributed by atoms with Crippen molar-refractivity contribution in [3.63, 3.8) is 0 Å². The van der Waals surface area contributed by atoms with Crippen LogP contribution in [0.1, 0.15) is 12.5 Å². The number of hydrogen-bond donors (Lipinski definition) is 0. The first-order valence-corrected chi connectivity index (χ1v) is 8.88. The van der Waals surface area contributed by atoms with Crippen LogP contribution in [0.5, 0.6) is 11.5 Å². The SMILES string of the molecule is CCc1ccccc1P(Oc1ccccc1)Oc1ccccc1. The highest BCUT2D eigenvalue weighted by Crippen LogP contribution is 2.40. The number of rotatable bonds is 6. The molecule has 0 N–H and O–H groups in total. The molecule has 0 unspecified atom stereocenters. The Kier molecular flexibility index (Phi) is 5.29. The molecule has 0 atom stereocenters. The van der Waals surface area contributed by atoms with Crippen LogP contribution in [0.3, 0.4) is 0 Å². The monoisotopic (exact) mass is 322 g/mol. The van der Waals surface area contributed by atoms with Crippen LogP contribution < -0.4 is 14.4 Å². The molecule has 23 heavy (non-hydrogen) atoms. The molecule has 0 fully saturated rings. The molecule has 0 aliphatic heterocycles. The molecule has 0 aromatic heterocycles. The number of aryl methyl sites for hydroxylation is 1. The van der Waals surface area contributed by atoms with Gasteiger partial charge < -0.3 is 9.05 Å². The van der Waals surface area contributed by atoms with Gasteiger partial charge in [0.2, 0.25) is 0 Å². The van der Waals surface area contributed by atoms with Crippen LogP contribution in [0.2, 0.25) is 0 Å². The van der Waals surface area contributed by atoms with E-state index in [1.807, 2.05) is 66.7 Å². The lowest BCUT2D eigenvalue weighted by Gasteiger charge is -2.20. The summed E-state index contributed by atoms with van der Waals surface area (Å²) in [6, 6.07) is 28.0. The van der Waals surface area contributed by atoms with Gasteiger partial charge in [-0.2, -0.15) is 0 Å². The minimum absolute atomic E-state index is 0.820. The maximum atomic E-state index is 6.19. The maximum absolute atomic E-state index is 6.19. The smallest absolute Gasteiger partial charge is 0.326 e. The van der Waals surface area contributed by atoms with Crippen molar-refractivity contribution >= 4 is 13.7 Å². The fourth-order valence-corrected chi connectivity index (χ4v) is 3.79. The third-order valence-electron chi connectivity index (χ3n) is 3.43. The van der Waals surface area contributed by atoms with Crippen LogP contribution in [-0.4, -0.2) is 0 Å². The molecule has 0 saturated heterocycles. The zero-order chi connectivity index (χ0) is 15.9. The standard InChI is InChI=1S/C20H19O2P/c1-2-17-11-9-10-16-20(17)23(21-18-12-5-3-6-13-18)22-19-14-7-4-8-15-19/h3-16H,2H2,1H3. The average Bonchev–Trinajstić information content (AvgIpc) is 2.63. The van der Waals surface area contributed by atoms with E-state index in [0.717, 1.165) is 23.2 Å². The first-order valence-electron chi connectivity index (χ1n) is 7.71. The van der Waals surface area contributed by atoms with Gasteiger partial charge >= 0.3 is 8.38 Å². The third-order valence-corrected chi connectivity index (χ3v) is 5.02. The fraction of sp³-hybridized carbons (Fsp3) is 0.100. The highest BCUT2D eigenvalue weighted by molar-refractivity contribution is 7.56. The summed E-state index contributed by atoms with van der Waals surface area (Å²) in [7, 11) is -1.23. The largest absolute Gasteiger partial charge is 0.435 e. The van der Waals surface area contributed by atoms with E-state index in [0.29, 0.717) is 0 Å². The molecule has 0 heterocycles. The predicted octanol–water partition coefficient (Wildman–Crippen LogP) is 5.34. The van der Waals surface area contributed by atoms with E-state index in [-0.39, 0.29) is 0 Å². The Morgan fingerprint density at radius 3 is 1.65 bits per heavy atom. The van der Waals surface area contributed by atoms with Crippen LogP contribution in [-0.2, 0) is 6.42 Å². The first kappa shape index (κ1) is 15.6. The highest BCUT2D eigenvalue weighted by atomic mass is 31.2. The van der Waals surface area contributed by atoms with Gasteiger partial charge in [-0.15, -0.1) is 0 Å². The molecular formula is C20H19O2P. The highest BCUT2D eigenvalue weighted by Gasteiger charge is 2.20. The van der Waals surface area contributed by atoms with Gasteiger partial charge in [0.05, 0.1) is 5.30 Å². The number of benzene rings is 3. The lowest BCUT2D eigenvalue weighted by Crippen LogP contribution is -2.14. The molecule has 3 aromatic carbocycles. The van der Waals surface area contributed by atoms with Crippen LogP contribution in [0.15, 0.2) is 84.9 Å². The zero-order valence-corrected chi connectivity index (χ0v) is 13.9. The Hall–Kier alpha value is -2.31. The fourth-order valence-electron chi connectivity index (χ4n) is 2.26. The molecule has 0 aliphatic carbocycles. The van der Waals surface area contributed by atoms with Crippen LogP contribution >= 0.6 is 8.38 Å². The molecule has 0 saturated carbocycles. The molecule has 0 spiro atoms. The van der Waals surface area contributed by atoms with Gasteiger partial charge in [-0.1, -0.05) is 61.5 Å². The van der Waals surface area contributed by atoms with Gasteiger partial charge in [-0.25, -0.2) is 0 Å². The molecule has 3 rings (SSSR count). The van der Waals surface area contributed by atoms with E-state index in [9.17, 15) is 0 Å². The molecule has 0 aliphatic rings.